The second-order valence-corrected chi connectivity index (χ2v) is 9.94. The number of hydrogen-bond donors (Lipinski definition) is 5. The molecule has 0 spiro atoms. The summed E-state index contributed by atoms with van der Waals surface area (Å²) in [5.74, 6) is -1.84. The van der Waals surface area contributed by atoms with Crippen molar-refractivity contribution in [2.75, 3.05) is 11.9 Å². The number of likely N-dealkylation sites (N-methyl/N-ethyl adjacent to an activating group) is 1. The number of benzene rings is 1. The number of nitrogens with zero attached hydrogens (tertiary/aromatic N) is 4. The Morgan fingerprint density at radius 3 is 2.68 bits per heavy atom. The van der Waals surface area contributed by atoms with E-state index in [0.717, 1.165) is 17.5 Å². The van der Waals surface area contributed by atoms with Gasteiger partial charge in [-0.05, 0) is 36.9 Å². The SMILES string of the molecule is CC[C@H](C)[C@H](NC)C(=O)NC1CCc2cccc3c2N(C1=O)[C@H](C(=O)N[C@@H](CC(=O)O)Cc1nn[nH]n1)C3. The van der Waals surface area contributed by atoms with Gasteiger partial charge in [-0.25, -0.2) is 0 Å². The van der Waals surface area contributed by atoms with Crippen molar-refractivity contribution in [3.05, 3.63) is 35.2 Å². The highest BCUT2D eigenvalue weighted by atomic mass is 16.4. The lowest BCUT2D eigenvalue weighted by Crippen LogP contribution is -2.58. The molecule has 1 aromatic heterocycles. The molecule has 2 aromatic rings. The van der Waals surface area contributed by atoms with Crippen LogP contribution in [0.3, 0.4) is 0 Å². The Kier molecular flexibility index (Phi) is 8.35. The van der Waals surface area contributed by atoms with E-state index in [1.54, 1.807) is 7.05 Å². The summed E-state index contributed by atoms with van der Waals surface area (Å²) in [6, 6.07) is 2.79. The molecule has 0 bridgehead atoms. The molecule has 5 N–H and O–H groups in total. The summed E-state index contributed by atoms with van der Waals surface area (Å²) in [6.07, 6.45) is 1.77. The predicted molar refractivity (Wildman–Crippen MR) is 136 cm³/mol. The number of para-hydroxylation sites is 1. The second-order valence-electron chi connectivity index (χ2n) is 9.94. The Balaban J connectivity index is 1.57. The molecule has 0 saturated carbocycles. The van der Waals surface area contributed by atoms with E-state index in [9.17, 15) is 24.3 Å². The summed E-state index contributed by atoms with van der Waals surface area (Å²) >= 11 is 0. The first kappa shape index (κ1) is 27.2. The van der Waals surface area contributed by atoms with Gasteiger partial charge in [-0.15, -0.1) is 10.2 Å². The van der Waals surface area contributed by atoms with Crippen molar-refractivity contribution < 1.29 is 24.3 Å². The van der Waals surface area contributed by atoms with Crippen LogP contribution in [0.25, 0.3) is 0 Å². The normalized spacial score (nSPS) is 20.7. The molecule has 0 radical (unpaired) electrons. The monoisotopic (exact) mass is 526 g/mol. The van der Waals surface area contributed by atoms with Gasteiger partial charge in [-0.3, -0.25) is 24.1 Å². The van der Waals surface area contributed by atoms with Crippen LogP contribution in [0.5, 0.6) is 0 Å². The van der Waals surface area contributed by atoms with Crippen molar-refractivity contribution >= 4 is 29.4 Å². The molecule has 2 aliphatic heterocycles. The lowest BCUT2D eigenvalue weighted by Gasteiger charge is -2.30. The fourth-order valence-corrected chi connectivity index (χ4v) is 5.32. The topological polar surface area (TPSA) is 182 Å². The van der Waals surface area contributed by atoms with Crippen molar-refractivity contribution in [2.24, 2.45) is 5.92 Å². The van der Waals surface area contributed by atoms with Gasteiger partial charge < -0.3 is 21.1 Å². The average molecular weight is 527 g/mol. The lowest BCUT2D eigenvalue weighted by atomic mass is 9.97. The summed E-state index contributed by atoms with van der Waals surface area (Å²) in [4.78, 5) is 53.5. The van der Waals surface area contributed by atoms with Crippen LogP contribution in [0.15, 0.2) is 18.2 Å². The highest BCUT2D eigenvalue weighted by Gasteiger charge is 2.44. The predicted octanol–water partition coefficient (Wildman–Crippen LogP) is -0.275. The van der Waals surface area contributed by atoms with Crippen molar-refractivity contribution in [2.45, 2.75) is 76.5 Å². The van der Waals surface area contributed by atoms with Gasteiger partial charge in [0, 0.05) is 18.9 Å². The highest BCUT2D eigenvalue weighted by Crippen LogP contribution is 2.39. The molecule has 3 heterocycles. The summed E-state index contributed by atoms with van der Waals surface area (Å²) < 4.78 is 0. The molecular weight excluding hydrogens is 492 g/mol. The number of carboxylic acid groups (broad SMARTS) is 1. The number of aryl methyl sites for hydroxylation is 1. The third-order valence-corrected chi connectivity index (χ3v) is 7.42. The molecular formula is C25H34N8O5. The maximum absolute atomic E-state index is 13.9. The van der Waals surface area contributed by atoms with Crippen molar-refractivity contribution in [1.82, 2.24) is 36.6 Å². The zero-order chi connectivity index (χ0) is 27.4. The van der Waals surface area contributed by atoms with E-state index in [4.69, 9.17) is 0 Å². The van der Waals surface area contributed by atoms with E-state index in [1.807, 2.05) is 32.0 Å². The number of tetrazole rings is 1. The quantitative estimate of drug-likeness (QED) is 0.263. The fourth-order valence-electron chi connectivity index (χ4n) is 5.32. The van der Waals surface area contributed by atoms with Crippen LogP contribution in [0, 0.1) is 5.92 Å². The third kappa shape index (κ3) is 5.67. The van der Waals surface area contributed by atoms with E-state index in [0.29, 0.717) is 18.5 Å². The smallest absolute Gasteiger partial charge is 0.305 e. The highest BCUT2D eigenvalue weighted by molar-refractivity contribution is 6.08. The zero-order valence-electron chi connectivity index (χ0n) is 21.7. The van der Waals surface area contributed by atoms with Crippen LogP contribution >= 0.6 is 0 Å². The van der Waals surface area contributed by atoms with Crippen molar-refractivity contribution in [3.63, 3.8) is 0 Å². The minimum Gasteiger partial charge on any atom is -0.481 e. The van der Waals surface area contributed by atoms with Crippen LogP contribution in [0.4, 0.5) is 5.69 Å². The molecule has 13 nitrogen and oxygen atoms in total. The Bertz CT molecular complexity index is 1190. The maximum Gasteiger partial charge on any atom is 0.305 e. The van der Waals surface area contributed by atoms with Gasteiger partial charge in [-0.2, -0.15) is 5.21 Å². The molecule has 2 aliphatic rings. The van der Waals surface area contributed by atoms with E-state index < -0.39 is 36.0 Å². The minimum atomic E-state index is -1.09. The van der Waals surface area contributed by atoms with Gasteiger partial charge in [0.25, 0.3) is 0 Å². The van der Waals surface area contributed by atoms with Crippen molar-refractivity contribution in [3.8, 4) is 0 Å². The van der Waals surface area contributed by atoms with Crippen LogP contribution in [-0.2, 0) is 38.4 Å². The van der Waals surface area contributed by atoms with Gasteiger partial charge in [0.1, 0.15) is 12.1 Å². The van der Waals surface area contributed by atoms with Gasteiger partial charge in [0.05, 0.1) is 18.2 Å². The van der Waals surface area contributed by atoms with Crippen LogP contribution < -0.4 is 20.9 Å². The van der Waals surface area contributed by atoms with Gasteiger partial charge >= 0.3 is 5.97 Å². The number of carbonyl (C=O) groups excluding carboxylic acids is 3. The van der Waals surface area contributed by atoms with Gasteiger partial charge in [0.2, 0.25) is 17.7 Å². The number of aliphatic carboxylic acids is 1. The Hall–Kier alpha value is -3.87. The Morgan fingerprint density at radius 1 is 1.26 bits per heavy atom. The number of carboxylic acids is 1. The zero-order valence-corrected chi connectivity index (χ0v) is 21.7. The third-order valence-electron chi connectivity index (χ3n) is 7.42. The number of amides is 3. The van der Waals surface area contributed by atoms with Crippen LogP contribution in [-0.4, -0.2) is 80.6 Å². The van der Waals surface area contributed by atoms with Crippen LogP contribution in [0.1, 0.15) is 50.1 Å². The number of anilines is 1. The number of nitrogens with one attached hydrogen (secondary N) is 4. The molecule has 1 aromatic carbocycles. The van der Waals surface area contributed by atoms with E-state index in [2.05, 4.69) is 36.6 Å². The Morgan fingerprint density at radius 2 is 2.03 bits per heavy atom. The second kappa shape index (κ2) is 11.7. The van der Waals surface area contributed by atoms with E-state index >= 15 is 0 Å². The van der Waals surface area contributed by atoms with Crippen molar-refractivity contribution in [1.29, 1.82) is 0 Å². The molecule has 13 heteroatoms. The molecule has 0 aliphatic carbocycles. The molecule has 3 amide bonds. The first-order valence-corrected chi connectivity index (χ1v) is 12.9. The number of H-pyrrole nitrogens is 1. The largest absolute Gasteiger partial charge is 0.481 e. The maximum atomic E-state index is 13.9. The summed E-state index contributed by atoms with van der Waals surface area (Å²) in [5, 5.41) is 31.6. The number of aromatic nitrogens is 4. The number of carbonyl (C=O) groups is 4. The minimum absolute atomic E-state index is 0.0626. The summed E-state index contributed by atoms with van der Waals surface area (Å²) in [5.41, 5.74) is 2.50. The Labute approximate surface area is 220 Å². The molecule has 204 valence electrons. The number of hydrogen-bond acceptors (Lipinski definition) is 8. The van der Waals surface area contributed by atoms with Gasteiger partial charge in [-0.1, -0.05) is 43.7 Å². The fraction of sp³-hybridized carbons (Fsp3) is 0.560. The standard InChI is InChI=1S/C25H34N8O5/c1-4-13(2)21(26-3)24(37)28-17-9-8-14-6-5-7-15-10-18(33(22(14)15)25(17)38)23(36)27-16(12-20(34)35)11-19-29-31-32-30-19/h5-7,13,16-18,21,26H,4,8-12H2,1-3H3,(H,27,36)(H,28,37)(H,34,35)(H,29,30,31,32)/t13-,16+,17?,18-,21-/m0/s1. The molecule has 4 rings (SSSR count). The van der Waals surface area contributed by atoms with Crippen LogP contribution in [0.2, 0.25) is 0 Å². The molecule has 38 heavy (non-hydrogen) atoms. The molecule has 1 unspecified atom stereocenters. The van der Waals surface area contributed by atoms with E-state index in [1.165, 1.54) is 4.90 Å². The average Bonchev–Trinajstić information content (AvgIpc) is 3.51. The molecule has 0 saturated heterocycles. The summed E-state index contributed by atoms with van der Waals surface area (Å²) in [6.45, 7) is 3.97. The first-order chi connectivity index (χ1) is 18.2. The molecule has 0 fully saturated rings. The van der Waals surface area contributed by atoms with Gasteiger partial charge in [0.15, 0.2) is 5.82 Å². The summed E-state index contributed by atoms with van der Waals surface area (Å²) in [7, 11) is 1.72. The molecule has 5 atom stereocenters. The first-order valence-electron chi connectivity index (χ1n) is 12.9. The van der Waals surface area contributed by atoms with E-state index in [-0.39, 0.29) is 42.8 Å². The number of rotatable bonds is 11. The lowest BCUT2D eigenvalue weighted by molar-refractivity contribution is -0.138. The number of aromatic amines is 1.